The molecule has 0 aliphatic carbocycles. The van der Waals surface area contributed by atoms with Gasteiger partial charge in [-0.15, -0.1) is 11.6 Å². The topological polar surface area (TPSA) is 37.9 Å². The highest BCUT2D eigenvalue weighted by Gasteiger charge is 2.02. The minimum absolute atomic E-state index is 0.579. The molecule has 84 valence electrons. The quantitative estimate of drug-likeness (QED) is 0.829. The number of benzene rings is 1. The van der Waals surface area contributed by atoms with Crippen molar-refractivity contribution in [3.05, 3.63) is 36.3 Å². The molecule has 0 amide bonds. The fraction of sp³-hybridized carbons (Fsp3) is 0.250. The van der Waals surface area contributed by atoms with Crippen LogP contribution in [0.5, 0.6) is 5.75 Å². The van der Waals surface area contributed by atoms with E-state index in [-0.39, 0.29) is 0 Å². The number of imidazole rings is 1. The summed E-state index contributed by atoms with van der Waals surface area (Å²) < 4.78 is 5.11. The van der Waals surface area contributed by atoms with Gasteiger partial charge in [0.2, 0.25) is 0 Å². The number of H-pyrrole nitrogens is 1. The third-order valence-corrected chi connectivity index (χ3v) is 2.55. The Bertz CT molecular complexity index is 450. The summed E-state index contributed by atoms with van der Waals surface area (Å²) >= 11 is 5.65. The van der Waals surface area contributed by atoms with Crippen molar-refractivity contribution in [2.45, 2.75) is 6.42 Å². The molecule has 0 atom stereocenters. The van der Waals surface area contributed by atoms with Crippen molar-refractivity contribution >= 4 is 11.6 Å². The van der Waals surface area contributed by atoms with Crippen molar-refractivity contribution in [1.82, 2.24) is 9.97 Å². The van der Waals surface area contributed by atoms with Gasteiger partial charge in [-0.3, -0.25) is 0 Å². The van der Waals surface area contributed by atoms with Gasteiger partial charge in [0, 0.05) is 12.3 Å². The van der Waals surface area contributed by atoms with Crippen LogP contribution in [-0.4, -0.2) is 23.0 Å². The van der Waals surface area contributed by atoms with E-state index in [4.69, 9.17) is 16.3 Å². The Labute approximate surface area is 99.4 Å². The molecule has 0 aliphatic rings. The third-order valence-electron chi connectivity index (χ3n) is 2.36. The van der Waals surface area contributed by atoms with E-state index < -0.39 is 0 Å². The van der Waals surface area contributed by atoms with Gasteiger partial charge in [-0.25, -0.2) is 4.98 Å². The van der Waals surface area contributed by atoms with E-state index in [1.165, 1.54) is 0 Å². The normalized spacial score (nSPS) is 10.4. The van der Waals surface area contributed by atoms with Gasteiger partial charge in [-0.2, -0.15) is 0 Å². The van der Waals surface area contributed by atoms with Crippen molar-refractivity contribution in [2.24, 2.45) is 0 Å². The van der Waals surface area contributed by atoms with Crippen LogP contribution in [-0.2, 0) is 6.42 Å². The Kier molecular flexibility index (Phi) is 3.47. The lowest BCUT2D eigenvalue weighted by Crippen LogP contribution is -1.88. The molecule has 1 N–H and O–H groups in total. The fourth-order valence-electron chi connectivity index (χ4n) is 1.50. The Balaban J connectivity index is 2.21. The summed E-state index contributed by atoms with van der Waals surface area (Å²) in [5.41, 5.74) is 2.09. The molecule has 0 unspecified atom stereocenters. The molecule has 0 saturated carbocycles. The molecular formula is C12H13ClN2O. The number of hydrogen-bond acceptors (Lipinski definition) is 2. The second-order valence-corrected chi connectivity index (χ2v) is 3.79. The predicted octanol–water partition coefficient (Wildman–Crippen LogP) is 2.87. The van der Waals surface area contributed by atoms with E-state index >= 15 is 0 Å². The van der Waals surface area contributed by atoms with Gasteiger partial charge in [-0.1, -0.05) is 0 Å². The van der Waals surface area contributed by atoms with Gasteiger partial charge >= 0.3 is 0 Å². The second-order valence-electron chi connectivity index (χ2n) is 3.41. The molecule has 0 spiro atoms. The fourth-order valence-corrected chi connectivity index (χ4v) is 1.68. The first-order valence-corrected chi connectivity index (χ1v) is 5.61. The van der Waals surface area contributed by atoms with Gasteiger partial charge in [0.25, 0.3) is 0 Å². The molecule has 3 nitrogen and oxygen atoms in total. The van der Waals surface area contributed by atoms with Crippen LogP contribution in [0.15, 0.2) is 30.5 Å². The lowest BCUT2D eigenvalue weighted by molar-refractivity contribution is 0.415. The summed E-state index contributed by atoms with van der Waals surface area (Å²) in [7, 11) is 1.66. The number of alkyl halides is 1. The van der Waals surface area contributed by atoms with Gasteiger partial charge in [0.05, 0.1) is 19.0 Å². The number of nitrogens with one attached hydrogen (secondary N) is 1. The summed E-state index contributed by atoms with van der Waals surface area (Å²) in [6.45, 7) is 0. The molecule has 0 bridgehead atoms. The summed E-state index contributed by atoms with van der Waals surface area (Å²) in [6.07, 6.45) is 2.58. The van der Waals surface area contributed by atoms with E-state index in [0.717, 1.165) is 29.3 Å². The molecule has 16 heavy (non-hydrogen) atoms. The van der Waals surface area contributed by atoms with E-state index in [1.54, 1.807) is 7.11 Å². The largest absolute Gasteiger partial charge is 0.497 e. The van der Waals surface area contributed by atoms with Crippen LogP contribution in [0.25, 0.3) is 11.3 Å². The Hall–Kier alpha value is -1.48. The Morgan fingerprint density at radius 1 is 1.31 bits per heavy atom. The number of rotatable bonds is 4. The Morgan fingerprint density at radius 2 is 2.06 bits per heavy atom. The molecule has 1 aromatic heterocycles. The number of nitrogens with zero attached hydrogens (tertiary/aromatic N) is 1. The molecule has 1 heterocycles. The van der Waals surface area contributed by atoms with Crippen molar-refractivity contribution in [1.29, 1.82) is 0 Å². The van der Waals surface area contributed by atoms with Crippen molar-refractivity contribution < 1.29 is 4.74 Å². The number of aryl methyl sites for hydroxylation is 1. The predicted molar refractivity (Wildman–Crippen MR) is 65.0 cm³/mol. The van der Waals surface area contributed by atoms with Crippen LogP contribution < -0.4 is 4.74 Å². The van der Waals surface area contributed by atoms with E-state index in [1.807, 2.05) is 30.5 Å². The van der Waals surface area contributed by atoms with Crippen molar-refractivity contribution in [2.75, 3.05) is 13.0 Å². The van der Waals surface area contributed by atoms with Crippen LogP contribution >= 0.6 is 11.6 Å². The molecule has 1 aromatic carbocycles. The molecule has 0 saturated heterocycles. The molecule has 0 fully saturated rings. The maximum absolute atomic E-state index is 5.65. The number of ether oxygens (including phenoxy) is 1. The smallest absolute Gasteiger partial charge is 0.118 e. The zero-order valence-electron chi connectivity index (χ0n) is 9.03. The van der Waals surface area contributed by atoms with E-state index in [9.17, 15) is 0 Å². The van der Waals surface area contributed by atoms with Gasteiger partial charge < -0.3 is 9.72 Å². The van der Waals surface area contributed by atoms with Crippen LogP contribution in [0.2, 0.25) is 0 Å². The second kappa shape index (κ2) is 5.03. The number of aromatic amines is 1. The molecule has 2 aromatic rings. The first-order chi connectivity index (χ1) is 7.83. The maximum atomic E-state index is 5.65. The molecule has 2 rings (SSSR count). The van der Waals surface area contributed by atoms with Crippen LogP contribution in [0.1, 0.15) is 5.82 Å². The lowest BCUT2D eigenvalue weighted by atomic mass is 10.2. The SMILES string of the molecule is COc1ccc(-c2cnc(CCCl)[nH]2)cc1. The van der Waals surface area contributed by atoms with Gasteiger partial charge in [-0.05, 0) is 29.8 Å². The lowest BCUT2D eigenvalue weighted by Gasteiger charge is -2.00. The van der Waals surface area contributed by atoms with Gasteiger partial charge in [0.1, 0.15) is 11.6 Å². The zero-order chi connectivity index (χ0) is 11.4. The third kappa shape index (κ3) is 2.36. The first-order valence-electron chi connectivity index (χ1n) is 5.08. The molecule has 4 heteroatoms. The van der Waals surface area contributed by atoms with E-state index in [0.29, 0.717) is 5.88 Å². The first kappa shape index (κ1) is 11.0. The monoisotopic (exact) mass is 236 g/mol. The van der Waals surface area contributed by atoms with E-state index in [2.05, 4.69) is 9.97 Å². The van der Waals surface area contributed by atoms with Crippen LogP contribution in [0, 0.1) is 0 Å². The highest BCUT2D eigenvalue weighted by atomic mass is 35.5. The number of aromatic nitrogens is 2. The summed E-state index contributed by atoms with van der Waals surface area (Å²) in [6, 6.07) is 7.85. The summed E-state index contributed by atoms with van der Waals surface area (Å²) in [4.78, 5) is 7.49. The average Bonchev–Trinajstić information content (AvgIpc) is 2.78. The zero-order valence-corrected chi connectivity index (χ0v) is 9.79. The standard InChI is InChI=1S/C12H13ClN2O/c1-16-10-4-2-9(3-5-10)11-8-14-12(15-11)6-7-13/h2-5,8H,6-7H2,1H3,(H,14,15). The van der Waals surface area contributed by atoms with Crippen molar-refractivity contribution in [3.63, 3.8) is 0 Å². The average molecular weight is 237 g/mol. The minimum atomic E-state index is 0.579. The maximum Gasteiger partial charge on any atom is 0.118 e. The van der Waals surface area contributed by atoms with Crippen LogP contribution in [0.3, 0.4) is 0 Å². The summed E-state index contributed by atoms with van der Waals surface area (Å²) in [5.74, 6) is 2.35. The number of methoxy groups -OCH3 is 1. The summed E-state index contributed by atoms with van der Waals surface area (Å²) in [5, 5.41) is 0. The molecule has 0 aliphatic heterocycles. The highest BCUT2D eigenvalue weighted by Crippen LogP contribution is 2.20. The van der Waals surface area contributed by atoms with Crippen LogP contribution in [0.4, 0.5) is 0 Å². The number of halogens is 1. The minimum Gasteiger partial charge on any atom is -0.497 e. The van der Waals surface area contributed by atoms with Gasteiger partial charge in [0.15, 0.2) is 0 Å². The van der Waals surface area contributed by atoms with Crippen molar-refractivity contribution in [3.8, 4) is 17.0 Å². The Morgan fingerprint density at radius 3 is 2.69 bits per heavy atom. The molecular weight excluding hydrogens is 224 g/mol. The molecule has 0 radical (unpaired) electrons. The highest BCUT2D eigenvalue weighted by molar-refractivity contribution is 6.17. The number of hydrogen-bond donors (Lipinski definition) is 1.